The zero-order valence-corrected chi connectivity index (χ0v) is 11.1. The number of carbonyl (C=O) groups is 1. The maximum absolute atomic E-state index is 12.2. The Bertz CT molecular complexity index is 513. The molecule has 2 amide bonds. The van der Waals surface area contributed by atoms with Gasteiger partial charge in [0.25, 0.3) is 0 Å². The van der Waals surface area contributed by atoms with Crippen LogP contribution in [-0.4, -0.2) is 35.0 Å². The van der Waals surface area contributed by atoms with Crippen molar-refractivity contribution in [2.75, 3.05) is 13.6 Å². The summed E-state index contributed by atoms with van der Waals surface area (Å²) in [6.07, 6.45) is 0. The van der Waals surface area contributed by atoms with Crippen LogP contribution in [0.4, 0.5) is 4.79 Å². The molecular formula is C13H17N3O2. The van der Waals surface area contributed by atoms with Crippen molar-refractivity contribution in [1.82, 2.24) is 9.80 Å². The topological polar surface area (TPSA) is 60.5 Å². The van der Waals surface area contributed by atoms with E-state index in [0.29, 0.717) is 6.54 Å². The highest BCUT2D eigenvalue weighted by molar-refractivity contribution is 5.78. The van der Waals surface area contributed by atoms with Crippen molar-refractivity contribution in [3.63, 3.8) is 0 Å². The van der Waals surface area contributed by atoms with E-state index < -0.39 is 5.54 Å². The fourth-order valence-electron chi connectivity index (χ4n) is 2.14. The molecule has 1 saturated heterocycles. The Morgan fingerprint density at radius 2 is 2.17 bits per heavy atom. The van der Waals surface area contributed by atoms with Gasteiger partial charge in [0.05, 0.1) is 12.6 Å². The molecule has 0 spiro atoms. The summed E-state index contributed by atoms with van der Waals surface area (Å²) in [7, 11) is 1.73. The minimum atomic E-state index is -0.804. The van der Waals surface area contributed by atoms with Crippen LogP contribution in [-0.2, 0) is 0 Å². The number of furan rings is 1. The minimum Gasteiger partial charge on any atom is -0.464 e. The molecule has 1 aliphatic rings. The summed E-state index contributed by atoms with van der Waals surface area (Å²) in [6.45, 7) is 5.84. The van der Waals surface area contributed by atoms with Crippen LogP contribution in [0.25, 0.3) is 0 Å². The van der Waals surface area contributed by atoms with Gasteiger partial charge in [-0.15, -0.1) is 0 Å². The Hall–Kier alpha value is -1.96. The second kappa shape index (κ2) is 4.05. The standard InChI is InChI=1S/C13H17N3O2/c1-9-5-6-11(18-9)10-7-16(12(17)15(10)4)13(2,3)8-14/h5-6,10H,7H2,1-4H3. The van der Waals surface area contributed by atoms with E-state index in [1.54, 1.807) is 30.7 Å². The van der Waals surface area contributed by atoms with Gasteiger partial charge in [0.15, 0.2) is 0 Å². The highest BCUT2D eigenvalue weighted by Crippen LogP contribution is 2.33. The number of amides is 2. The molecule has 18 heavy (non-hydrogen) atoms. The molecule has 1 aliphatic heterocycles. The summed E-state index contributed by atoms with van der Waals surface area (Å²) >= 11 is 0. The van der Waals surface area contributed by atoms with Gasteiger partial charge in [-0.1, -0.05) is 0 Å². The van der Waals surface area contributed by atoms with Gasteiger partial charge in [-0.25, -0.2) is 4.79 Å². The zero-order valence-electron chi connectivity index (χ0n) is 11.1. The van der Waals surface area contributed by atoms with Crippen LogP contribution in [0.2, 0.25) is 0 Å². The maximum Gasteiger partial charge on any atom is 0.321 e. The summed E-state index contributed by atoms with van der Waals surface area (Å²) < 4.78 is 5.58. The summed E-state index contributed by atoms with van der Waals surface area (Å²) in [5, 5.41) is 9.13. The van der Waals surface area contributed by atoms with Crippen LogP contribution in [0, 0.1) is 18.3 Å². The number of nitrogens with zero attached hydrogens (tertiary/aromatic N) is 3. The summed E-state index contributed by atoms with van der Waals surface area (Å²) in [5.41, 5.74) is -0.804. The zero-order chi connectivity index (χ0) is 13.5. The Kier molecular flexibility index (Phi) is 2.81. The highest BCUT2D eigenvalue weighted by atomic mass is 16.3. The van der Waals surface area contributed by atoms with Gasteiger partial charge in [0.2, 0.25) is 0 Å². The molecule has 0 saturated carbocycles. The molecule has 0 bridgehead atoms. The van der Waals surface area contributed by atoms with E-state index in [-0.39, 0.29) is 12.1 Å². The number of hydrogen-bond donors (Lipinski definition) is 0. The van der Waals surface area contributed by atoms with Gasteiger partial charge < -0.3 is 14.2 Å². The fraction of sp³-hybridized carbons (Fsp3) is 0.538. The predicted molar refractivity (Wildman–Crippen MR) is 65.7 cm³/mol. The largest absolute Gasteiger partial charge is 0.464 e. The van der Waals surface area contributed by atoms with Crippen LogP contribution in [0.3, 0.4) is 0 Å². The summed E-state index contributed by atoms with van der Waals surface area (Å²) in [5.74, 6) is 1.59. The van der Waals surface area contributed by atoms with Gasteiger partial charge in [-0.3, -0.25) is 0 Å². The lowest BCUT2D eigenvalue weighted by atomic mass is 10.1. The van der Waals surface area contributed by atoms with Crippen molar-refractivity contribution < 1.29 is 9.21 Å². The molecule has 0 radical (unpaired) electrons. The van der Waals surface area contributed by atoms with Crippen molar-refractivity contribution in [2.24, 2.45) is 0 Å². The lowest BCUT2D eigenvalue weighted by molar-refractivity contribution is 0.172. The molecule has 96 valence electrons. The first-order chi connectivity index (χ1) is 8.36. The lowest BCUT2D eigenvalue weighted by Crippen LogP contribution is -2.44. The van der Waals surface area contributed by atoms with E-state index in [4.69, 9.17) is 9.68 Å². The van der Waals surface area contributed by atoms with E-state index in [1.807, 2.05) is 19.1 Å². The van der Waals surface area contributed by atoms with Gasteiger partial charge in [0.1, 0.15) is 23.1 Å². The average Bonchev–Trinajstić information content (AvgIpc) is 2.86. The molecule has 1 unspecified atom stereocenters. The van der Waals surface area contributed by atoms with Gasteiger partial charge in [-0.2, -0.15) is 5.26 Å². The molecule has 0 N–H and O–H groups in total. The van der Waals surface area contributed by atoms with Crippen molar-refractivity contribution in [2.45, 2.75) is 32.4 Å². The van der Waals surface area contributed by atoms with Gasteiger partial charge >= 0.3 is 6.03 Å². The normalized spacial score (nSPS) is 20.4. The van der Waals surface area contributed by atoms with E-state index in [1.165, 1.54) is 0 Å². The quantitative estimate of drug-likeness (QED) is 0.805. The SMILES string of the molecule is Cc1ccc(C2CN(C(C)(C)C#N)C(=O)N2C)o1. The molecule has 0 aliphatic carbocycles. The second-order valence-electron chi connectivity index (χ2n) is 5.14. The molecule has 1 fully saturated rings. The molecule has 2 heterocycles. The van der Waals surface area contributed by atoms with Crippen LogP contribution >= 0.6 is 0 Å². The monoisotopic (exact) mass is 247 g/mol. The predicted octanol–water partition coefficient (Wildman–Crippen LogP) is 2.30. The van der Waals surface area contributed by atoms with Gasteiger partial charge in [-0.05, 0) is 32.9 Å². The number of likely N-dealkylation sites (N-methyl/N-ethyl adjacent to an activating group) is 1. The number of rotatable bonds is 2. The third-order valence-electron chi connectivity index (χ3n) is 3.39. The summed E-state index contributed by atoms with van der Waals surface area (Å²) in [4.78, 5) is 15.4. The Morgan fingerprint density at radius 3 is 2.67 bits per heavy atom. The smallest absolute Gasteiger partial charge is 0.321 e. The first-order valence-electron chi connectivity index (χ1n) is 5.89. The summed E-state index contributed by atoms with van der Waals surface area (Å²) in [6, 6.07) is 5.66. The second-order valence-corrected chi connectivity index (χ2v) is 5.14. The van der Waals surface area contributed by atoms with Crippen molar-refractivity contribution in [3.05, 3.63) is 23.7 Å². The van der Waals surface area contributed by atoms with E-state index in [9.17, 15) is 4.79 Å². The first-order valence-corrected chi connectivity index (χ1v) is 5.89. The molecule has 2 rings (SSSR count). The molecule has 5 heteroatoms. The minimum absolute atomic E-state index is 0.126. The fourth-order valence-corrected chi connectivity index (χ4v) is 2.14. The molecule has 1 atom stereocenters. The number of nitriles is 1. The molecule has 0 aromatic carbocycles. The lowest BCUT2D eigenvalue weighted by Gasteiger charge is -2.27. The molecular weight excluding hydrogens is 230 g/mol. The molecule has 1 aromatic heterocycles. The molecule has 5 nitrogen and oxygen atoms in total. The first kappa shape index (κ1) is 12.5. The highest BCUT2D eigenvalue weighted by Gasteiger charge is 2.44. The molecule has 1 aromatic rings. The third kappa shape index (κ3) is 1.84. The van der Waals surface area contributed by atoms with Gasteiger partial charge in [0, 0.05) is 7.05 Å². The van der Waals surface area contributed by atoms with Crippen molar-refractivity contribution in [3.8, 4) is 6.07 Å². The number of urea groups is 1. The van der Waals surface area contributed by atoms with E-state index in [0.717, 1.165) is 11.5 Å². The van der Waals surface area contributed by atoms with Crippen LogP contribution in [0.1, 0.15) is 31.4 Å². The number of hydrogen-bond acceptors (Lipinski definition) is 3. The maximum atomic E-state index is 12.2. The van der Waals surface area contributed by atoms with Crippen LogP contribution < -0.4 is 0 Å². The Morgan fingerprint density at radius 1 is 1.50 bits per heavy atom. The van der Waals surface area contributed by atoms with Crippen molar-refractivity contribution >= 4 is 6.03 Å². The number of aryl methyl sites for hydroxylation is 1. The average molecular weight is 247 g/mol. The van der Waals surface area contributed by atoms with E-state index >= 15 is 0 Å². The Labute approximate surface area is 107 Å². The van der Waals surface area contributed by atoms with Crippen LogP contribution in [0.5, 0.6) is 0 Å². The van der Waals surface area contributed by atoms with E-state index in [2.05, 4.69) is 6.07 Å². The van der Waals surface area contributed by atoms with Crippen molar-refractivity contribution in [1.29, 1.82) is 5.26 Å². The third-order valence-corrected chi connectivity index (χ3v) is 3.39. The number of carbonyl (C=O) groups excluding carboxylic acids is 1. The Balaban J connectivity index is 2.28. The van der Waals surface area contributed by atoms with Crippen LogP contribution in [0.15, 0.2) is 16.5 Å².